The van der Waals surface area contributed by atoms with Crippen LogP contribution in [0.3, 0.4) is 0 Å². The van der Waals surface area contributed by atoms with Crippen LogP contribution in [0.25, 0.3) is 0 Å². The van der Waals surface area contributed by atoms with E-state index < -0.39 is 0 Å². The number of pyridine rings is 2. The summed E-state index contributed by atoms with van der Waals surface area (Å²) >= 11 is 3.32. The molecule has 0 atom stereocenters. The van der Waals surface area contributed by atoms with Gasteiger partial charge in [-0.2, -0.15) is 0 Å². The zero-order valence-electron chi connectivity index (χ0n) is 9.01. The van der Waals surface area contributed by atoms with Gasteiger partial charge in [0.15, 0.2) is 0 Å². The van der Waals surface area contributed by atoms with Crippen molar-refractivity contribution in [2.45, 2.75) is 13.2 Å². The Morgan fingerprint density at radius 3 is 2.41 bits per heavy atom. The van der Waals surface area contributed by atoms with Crippen molar-refractivity contribution < 1.29 is 9.84 Å². The van der Waals surface area contributed by atoms with E-state index in [1.165, 1.54) is 0 Å². The predicted octanol–water partition coefficient (Wildman–Crippen LogP) is 2.31. The Kier molecular flexibility index (Phi) is 4.06. The molecule has 0 saturated heterocycles. The first-order chi connectivity index (χ1) is 8.28. The van der Waals surface area contributed by atoms with E-state index in [1.807, 2.05) is 12.1 Å². The van der Waals surface area contributed by atoms with Gasteiger partial charge in [0.2, 0.25) is 0 Å². The SMILES string of the molecule is OCc1ccc(OCc2ccc(Br)cn2)cn1. The van der Waals surface area contributed by atoms with Crippen LogP contribution in [0.5, 0.6) is 5.75 Å². The van der Waals surface area contributed by atoms with Crippen LogP contribution in [-0.2, 0) is 13.2 Å². The number of hydrogen-bond donors (Lipinski definition) is 1. The van der Waals surface area contributed by atoms with Gasteiger partial charge >= 0.3 is 0 Å². The highest BCUT2D eigenvalue weighted by atomic mass is 79.9. The number of aliphatic hydroxyl groups excluding tert-OH is 1. The maximum atomic E-state index is 8.84. The van der Waals surface area contributed by atoms with Crippen LogP contribution < -0.4 is 4.74 Å². The lowest BCUT2D eigenvalue weighted by Gasteiger charge is -2.05. The van der Waals surface area contributed by atoms with Gasteiger partial charge in [-0.15, -0.1) is 0 Å². The summed E-state index contributed by atoms with van der Waals surface area (Å²) in [6, 6.07) is 7.31. The Bertz CT molecular complexity index is 471. The minimum absolute atomic E-state index is 0.0610. The molecule has 0 unspecified atom stereocenters. The number of halogens is 1. The average molecular weight is 295 g/mol. The van der Waals surface area contributed by atoms with Gasteiger partial charge in [0.05, 0.1) is 24.2 Å². The molecule has 0 radical (unpaired) electrons. The van der Waals surface area contributed by atoms with Crippen LogP contribution in [0.4, 0.5) is 0 Å². The number of aliphatic hydroxyl groups is 1. The van der Waals surface area contributed by atoms with E-state index in [1.54, 1.807) is 24.5 Å². The molecule has 88 valence electrons. The zero-order chi connectivity index (χ0) is 12.1. The first-order valence-electron chi connectivity index (χ1n) is 5.07. The molecule has 0 spiro atoms. The fourth-order valence-corrected chi connectivity index (χ4v) is 1.47. The summed E-state index contributed by atoms with van der Waals surface area (Å²) in [7, 11) is 0. The van der Waals surface area contributed by atoms with E-state index in [-0.39, 0.29) is 6.61 Å². The van der Waals surface area contributed by atoms with Crippen LogP contribution in [0.2, 0.25) is 0 Å². The van der Waals surface area contributed by atoms with E-state index in [2.05, 4.69) is 25.9 Å². The Morgan fingerprint density at radius 1 is 1.06 bits per heavy atom. The Morgan fingerprint density at radius 2 is 1.82 bits per heavy atom. The largest absolute Gasteiger partial charge is 0.486 e. The summed E-state index contributed by atoms with van der Waals surface area (Å²) in [6.45, 7) is 0.335. The molecule has 0 amide bonds. The molecule has 5 heteroatoms. The number of aromatic nitrogens is 2. The molecule has 4 nitrogen and oxygen atoms in total. The van der Waals surface area contributed by atoms with Crippen LogP contribution in [0, 0.1) is 0 Å². The summed E-state index contributed by atoms with van der Waals surface area (Å²) in [6.07, 6.45) is 3.32. The van der Waals surface area contributed by atoms with Gasteiger partial charge in [-0.1, -0.05) is 0 Å². The molecular weight excluding hydrogens is 284 g/mol. The molecule has 2 rings (SSSR count). The first-order valence-corrected chi connectivity index (χ1v) is 5.86. The molecule has 2 heterocycles. The summed E-state index contributed by atoms with van der Waals surface area (Å²) in [5.74, 6) is 0.659. The fourth-order valence-electron chi connectivity index (χ4n) is 1.24. The van der Waals surface area contributed by atoms with Crippen molar-refractivity contribution in [1.29, 1.82) is 0 Å². The lowest BCUT2D eigenvalue weighted by Crippen LogP contribution is -1.98. The van der Waals surface area contributed by atoms with Gasteiger partial charge in [-0.05, 0) is 40.2 Å². The Balaban J connectivity index is 1.95. The molecule has 0 aliphatic heterocycles. The van der Waals surface area contributed by atoms with Gasteiger partial charge in [0.1, 0.15) is 12.4 Å². The summed E-state index contributed by atoms with van der Waals surface area (Å²) in [5, 5.41) is 8.84. The molecule has 17 heavy (non-hydrogen) atoms. The smallest absolute Gasteiger partial charge is 0.138 e. The van der Waals surface area contributed by atoms with E-state index >= 15 is 0 Å². The van der Waals surface area contributed by atoms with Gasteiger partial charge in [0.25, 0.3) is 0 Å². The molecular formula is C12H11BrN2O2. The van der Waals surface area contributed by atoms with E-state index in [0.717, 1.165) is 10.2 Å². The Labute approximate surface area is 107 Å². The third kappa shape index (κ3) is 3.51. The van der Waals surface area contributed by atoms with Gasteiger partial charge < -0.3 is 9.84 Å². The number of hydrogen-bond acceptors (Lipinski definition) is 4. The van der Waals surface area contributed by atoms with Crippen molar-refractivity contribution >= 4 is 15.9 Å². The molecule has 0 aliphatic carbocycles. The second kappa shape index (κ2) is 5.75. The standard InChI is InChI=1S/C12H11BrN2O2/c13-9-1-2-11(14-5-9)8-17-12-4-3-10(7-16)15-6-12/h1-6,16H,7-8H2. The summed E-state index contributed by atoms with van der Waals surface area (Å²) in [5.41, 5.74) is 1.47. The maximum absolute atomic E-state index is 8.84. The molecule has 0 fully saturated rings. The van der Waals surface area contributed by atoms with Crippen molar-refractivity contribution in [1.82, 2.24) is 9.97 Å². The minimum Gasteiger partial charge on any atom is -0.486 e. The van der Waals surface area contributed by atoms with E-state index in [0.29, 0.717) is 18.1 Å². The zero-order valence-corrected chi connectivity index (χ0v) is 10.6. The highest BCUT2D eigenvalue weighted by Gasteiger charge is 1.98. The Hall–Kier alpha value is -1.46. The number of ether oxygens (including phenoxy) is 1. The van der Waals surface area contributed by atoms with Crippen LogP contribution in [0.15, 0.2) is 41.1 Å². The average Bonchev–Trinajstić information content (AvgIpc) is 2.39. The van der Waals surface area contributed by atoms with Gasteiger partial charge in [0, 0.05) is 10.7 Å². The molecule has 0 saturated carbocycles. The highest BCUT2D eigenvalue weighted by Crippen LogP contribution is 2.12. The third-order valence-electron chi connectivity index (χ3n) is 2.13. The fraction of sp³-hybridized carbons (Fsp3) is 0.167. The van der Waals surface area contributed by atoms with Crippen molar-refractivity contribution in [2.24, 2.45) is 0 Å². The van der Waals surface area contributed by atoms with Crippen molar-refractivity contribution in [3.63, 3.8) is 0 Å². The number of nitrogens with zero attached hydrogens (tertiary/aromatic N) is 2. The molecule has 0 aliphatic rings. The van der Waals surface area contributed by atoms with Crippen LogP contribution in [0.1, 0.15) is 11.4 Å². The summed E-state index contributed by atoms with van der Waals surface area (Å²) < 4.78 is 6.45. The molecule has 1 N–H and O–H groups in total. The highest BCUT2D eigenvalue weighted by molar-refractivity contribution is 9.10. The first kappa shape index (κ1) is 12.0. The van der Waals surface area contributed by atoms with Gasteiger partial charge in [-0.25, -0.2) is 0 Å². The molecule has 0 aromatic carbocycles. The minimum atomic E-state index is -0.0610. The van der Waals surface area contributed by atoms with Crippen molar-refractivity contribution in [3.8, 4) is 5.75 Å². The normalized spacial score (nSPS) is 10.2. The van der Waals surface area contributed by atoms with Crippen LogP contribution >= 0.6 is 15.9 Å². The molecule has 2 aromatic rings. The lowest BCUT2D eigenvalue weighted by molar-refractivity contribution is 0.274. The predicted molar refractivity (Wildman–Crippen MR) is 66.4 cm³/mol. The number of rotatable bonds is 4. The van der Waals surface area contributed by atoms with Gasteiger partial charge in [-0.3, -0.25) is 9.97 Å². The second-order valence-corrected chi connectivity index (χ2v) is 4.32. The molecule has 0 bridgehead atoms. The second-order valence-electron chi connectivity index (χ2n) is 3.40. The molecule has 2 aromatic heterocycles. The van der Waals surface area contributed by atoms with Crippen molar-refractivity contribution in [3.05, 3.63) is 52.5 Å². The summed E-state index contributed by atoms with van der Waals surface area (Å²) in [4.78, 5) is 8.22. The monoisotopic (exact) mass is 294 g/mol. The third-order valence-corrected chi connectivity index (χ3v) is 2.60. The van der Waals surface area contributed by atoms with E-state index in [9.17, 15) is 0 Å². The quantitative estimate of drug-likeness (QED) is 0.940. The van der Waals surface area contributed by atoms with Crippen molar-refractivity contribution in [2.75, 3.05) is 0 Å². The van der Waals surface area contributed by atoms with E-state index in [4.69, 9.17) is 9.84 Å². The van der Waals surface area contributed by atoms with Crippen LogP contribution in [-0.4, -0.2) is 15.1 Å². The maximum Gasteiger partial charge on any atom is 0.138 e. The lowest BCUT2D eigenvalue weighted by atomic mass is 10.3. The topological polar surface area (TPSA) is 55.2 Å².